The van der Waals surface area contributed by atoms with Crippen molar-refractivity contribution >= 4 is 58.8 Å². The Labute approximate surface area is 399 Å². The molecule has 354 valence electrons. The number of rotatable bonds is 48. The topological polar surface area (TPSA) is 9.23 Å². The van der Waals surface area contributed by atoms with Crippen LogP contribution < -0.4 is 4.74 Å². The van der Waals surface area contributed by atoms with Gasteiger partial charge in [0.2, 0.25) is 4.27 Å². The summed E-state index contributed by atoms with van der Waals surface area (Å²) in [6.45, 7) is 14.1. The Morgan fingerprint density at radius 3 is 1.07 bits per heavy atom. The molecule has 0 aliphatic carbocycles. The highest BCUT2D eigenvalue weighted by molar-refractivity contribution is 8.25. The van der Waals surface area contributed by atoms with Gasteiger partial charge in [0, 0.05) is 5.25 Å². The molecule has 60 heavy (non-hydrogen) atoms. The number of benzene rings is 1. The number of ether oxygens (including phenoxy) is 1. The molecule has 1 unspecified atom stereocenters. The lowest BCUT2D eigenvalue weighted by molar-refractivity contribution is 0.237. The summed E-state index contributed by atoms with van der Waals surface area (Å²) in [6.07, 6.45) is 46.3. The Morgan fingerprint density at radius 1 is 0.367 bits per heavy atom. The predicted octanol–water partition coefficient (Wildman–Crippen LogP) is 20.8. The summed E-state index contributed by atoms with van der Waals surface area (Å²) in [4.78, 5) is 0. The van der Waals surface area contributed by atoms with Crippen LogP contribution in [0.25, 0.3) is 0 Å². The third-order valence-electron chi connectivity index (χ3n) is 11.9. The van der Waals surface area contributed by atoms with E-state index in [-0.39, 0.29) is 8.34 Å². The summed E-state index contributed by atoms with van der Waals surface area (Å²) in [7, 11) is 0. The van der Waals surface area contributed by atoms with Gasteiger partial charge < -0.3 is 4.74 Å². The number of hydrogen-bond donors (Lipinski definition) is 0. The standard InChI is InChI=1S/C54H102OS5/c1-7-13-19-24-29-38-46-56-52(45-35-18-12-6)53(57-47-39-30-25-20-14-8-2,58-48-40-31-26-21-15-9-3)54(55-51-43-36-34-37-44-51,59-49-41-32-27-22-16-10-4)60-50-42-33-28-23-17-11-5/h34,36-37,43-44,52H,7-33,35,38-42,45-50H2,1-6H3. The van der Waals surface area contributed by atoms with Crippen molar-refractivity contribution in [3.8, 4) is 5.75 Å². The van der Waals surface area contributed by atoms with Crippen LogP contribution in [-0.2, 0) is 0 Å². The highest BCUT2D eigenvalue weighted by Crippen LogP contribution is 2.63. The van der Waals surface area contributed by atoms with Crippen LogP contribution in [0.3, 0.4) is 0 Å². The van der Waals surface area contributed by atoms with E-state index in [4.69, 9.17) is 4.74 Å². The first-order valence-electron chi connectivity index (χ1n) is 26.5. The van der Waals surface area contributed by atoms with E-state index in [0.717, 1.165) is 5.75 Å². The zero-order valence-electron chi connectivity index (χ0n) is 41.0. The molecule has 0 saturated heterocycles. The van der Waals surface area contributed by atoms with Crippen molar-refractivity contribution in [1.82, 2.24) is 0 Å². The van der Waals surface area contributed by atoms with E-state index in [1.807, 2.05) is 0 Å². The van der Waals surface area contributed by atoms with Crippen molar-refractivity contribution in [1.29, 1.82) is 0 Å². The van der Waals surface area contributed by atoms with Crippen LogP contribution in [-0.4, -0.2) is 42.4 Å². The second-order valence-corrected chi connectivity index (χ2v) is 24.8. The Bertz CT molecular complexity index is 956. The summed E-state index contributed by atoms with van der Waals surface area (Å²) in [5, 5.41) is 0.563. The minimum atomic E-state index is -0.355. The molecule has 0 spiro atoms. The lowest BCUT2D eigenvalue weighted by atomic mass is 10.1. The number of para-hydroxylation sites is 1. The molecule has 0 aromatic heterocycles. The molecule has 0 aliphatic heterocycles. The molecule has 1 atom stereocenters. The predicted molar refractivity (Wildman–Crippen MR) is 290 cm³/mol. The van der Waals surface area contributed by atoms with Gasteiger partial charge in [-0.05, 0) is 79.4 Å². The van der Waals surface area contributed by atoms with Crippen LogP contribution in [0.4, 0.5) is 0 Å². The first-order valence-corrected chi connectivity index (χ1v) is 31.5. The fourth-order valence-corrected chi connectivity index (χ4v) is 18.1. The molecule has 1 nitrogen and oxygen atoms in total. The Hall–Kier alpha value is 0.770. The smallest absolute Gasteiger partial charge is 0.226 e. The van der Waals surface area contributed by atoms with Gasteiger partial charge >= 0.3 is 0 Å². The van der Waals surface area contributed by atoms with Gasteiger partial charge in [0.25, 0.3) is 0 Å². The molecule has 0 fully saturated rings. The van der Waals surface area contributed by atoms with Gasteiger partial charge in [0.15, 0.2) is 0 Å². The van der Waals surface area contributed by atoms with Gasteiger partial charge in [-0.25, -0.2) is 0 Å². The van der Waals surface area contributed by atoms with Gasteiger partial charge in [-0.15, -0.1) is 47.0 Å². The van der Waals surface area contributed by atoms with Crippen LogP contribution in [0.1, 0.15) is 260 Å². The molecule has 0 saturated carbocycles. The van der Waals surface area contributed by atoms with Crippen LogP contribution in [0.2, 0.25) is 0 Å². The van der Waals surface area contributed by atoms with E-state index in [9.17, 15) is 0 Å². The molecule has 0 aliphatic rings. The van der Waals surface area contributed by atoms with E-state index < -0.39 is 0 Å². The lowest BCUT2D eigenvalue weighted by Crippen LogP contribution is -2.56. The van der Waals surface area contributed by atoms with E-state index in [1.165, 1.54) is 247 Å². The van der Waals surface area contributed by atoms with E-state index in [2.05, 4.69) is 131 Å². The molecule has 0 heterocycles. The van der Waals surface area contributed by atoms with Gasteiger partial charge in [-0.3, -0.25) is 0 Å². The maximum Gasteiger partial charge on any atom is 0.226 e. The van der Waals surface area contributed by atoms with Crippen LogP contribution >= 0.6 is 58.8 Å². The fraction of sp³-hybridized carbons (Fsp3) is 0.889. The molecule has 0 amide bonds. The maximum absolute atomic E-state index is 7.91. The fourth-order valence-electron chi connectivity index (χ4n) is 8.08. The van der Waals surface area contributed by atoms with Crippen molar-refractivity contribution in [3.63, 3.8) is 0 Å². The number of hydrogen-bond acceptors (Lipinski definition) is 6. The third-order valence-corrected chi connectivity index (χ3v) is 21.2. The molecular formula is C54H102OS5. The highest BCUT2D eigenvalue weighted by atomic mass is 32.2. The number of thioether (sulfide) groups is 5. The highest BCUT2D eigenvalue weighted by Gasteiger charge is 2.59. The van der Waals surface area contributed by atoms with Crippen LogP contribution in [0.15, 0.2) is 30.3 Å². The molecule has 0 radical (unpaired) electrons. The summed E-state index contributed by atoms with van der Waals surface area (Å²) in [5.74, 6) is 7.29. The lowest BCUT2D eigenvalue weighted by Gasteiger charge is -2.52. The third kappa shape index (κ3) is 28.6. The van der Waals surface area contributed by atoms with Gasteiger partial charge in [0.1, 0.15) is 9.83 Å². The largest absolute Gasteiger partial charge is 0.465 e. The number of unbranched alkanes of at least 4 members (excludes halogenated alkanes) is 27. The van der Waals surface area contributed by atoms with Crippen molar-refractivity contribution < 1.29 is 4.74 Å². The van der Waals surface area contributed by atoms with Crippen molar-refractivity contribution in [3.05, 3.63) is 30.3 Å². The maximum atomic E-state index is 7.91. The minimum Gasteiger partial charge on any atom is -0.465 e. The van der Waals surface area contributed by atoms with Gasteiger partial charge in [-0.1, -0.05) is 240 Å². The average Bonchev–Trinajstić information content (AvgIpc) is 3.26. The van der Waals surface area contributed by atoms with E-state index in [0.29, 0.717) is 5.25 Å². The van der Waals surface area contributed by atoms with Crippen LogP contribution in [0.5, 0.6) is 5.75 Å². The van der Waals surface area contributed by atoms with Crippen LogP contribution in [0, 0.1) is 0 Å². The van der Waals surface area contributed by atoms with Crippen molar-refractivity contribution in [2.45, 2.75) is 273 Å². The van der Waals surface area contributed by atoms with E-state index in [1.54, 1.807) is 0 Å². The molecule has 1 aromatic rings. The normalized spacial score (nSPS) is 12.7. The molecule has 1 aromatic carbocycles. The molecular weight excluding hydrogens is 825 g/mol. The summed E-state index contributed by atoms with van der Waals surface area (Å²) in [6, 6.07) is 11.2. The van der Waals surface area contributed by atoms with Gasteiger partial charge in [0.05, 0.1) is 0 Å². The van der Waals surface area contributed by atoms with Crippen molar-refractivity contribution in [2.24, 2.45) is 0 Å². The monoisotopic (exact) mass is 927 g/mol. The second kappa shape index (κ2) is 43.7. The Morgan fingerprint density at radius 2 is 0.683 bits per heavy atom. The molecule has 0 N–H and O–H groups in total. The Kier molecular flexibility index (Phi) is 42.8. The Balaban J connectivity index is 3.87. The van der Waals surface area contributed by atoms with Gasteiger partial charge in [-0.2, -0.15) is 11.8 Å². The summed E-state index contributed by atoms with van der Waals surface area (Å²) in [5.41, 5.74) is 0. The second-order valence-electron chi connectivity index (χ2n) is 17.7. The molecule has 0 bridgehead atoms. The summed E-state index contributed by atoms with van der Waals surface area (Å²) < 4.78 is 7.51. The average molecular weight is 928 g/mol. The SMILES string of the molecule is CCCCCCCCSC(CCCCC)C(SCCCCCCCC)(SCCCCCCCC)C(Oc1ccccc1)(SCCCCCCCC)SCCCCCCCC. The van der Waals surface area contributed by atoms with E-state index >= 15 is 0 Å². The summed E-state index contributed by atoms with van der Waals surface area (Å²) >= 11 is 11.7. The minimum absolute atomic E-state index is 0.0456. The molecule has 6 heteroatoms. The first-order chi connectivity index (χ1) is 29.6. The molecule has 1 rings (SSSR count). The zero-order chi connectivity index (χ0) is 43.5. The van der Waals surface area contributed by atoms with Crippen molar-refractivity contribution in [2.75, 3.05) is 28.8 Å². The quantitative estimate of drug-likeness (QED) is 0.0472. The zero-order valence-corrected chi connectivity index (χ0v) is 45.1. The first kappa shape index (κ1) is 58.8.